The summed E-state index contributed by atoms with van der Waals surface area (Å²) >= 11 is 7.88. The van der Waals surface area contributed by atoms with E-state index in [-0.39, 0.29) is 41.4 Å². The number of likely N-dealkylation sites (tertiary alicyclic amines) is 1. The van der Waals surface area contributed by atoms with E-state index in [2.05, 4.69) is 19.9 Å². The van der Waals surface area contributed by atoms with Gasteiger partial charge in [0.05, 0.1) is 36.1 Å². The summed E-state index contributed by atoms with van der Waals surface area (Å²) in [5, 5.41) is 12.1. The van der Waals surface area contributed by atoms with E-state index in [1.807, 2.05) is 23.6 Å². The molecule has 5 nitrogen and oxygen atoms in total. The molecule has 2 aliphatic heterocycles. The Morgan fingerprint density at radius 1 is 1.26 bits per heavy atom. The highest BCUT2D eigenvalue weighted by molar-refractivity contribution is 7.09. The maximum absolute atomic E-state index is 13.4. The van der Waals surface area contributed by atoms with E-state index in [0.29, 0.717) is 24.6 Å². The number of carbonyl (C=O) groups is 2. The van der Waals surface area contributed by atoms with Gasteiger partial charge in [-0.1, -0.05) is 41.8 Å². The largest absolute Gasteiger partial charge is 0.508 e. The first kappa shape index (κ1) is 24.3. The second-order valence-corrected chi connectivity index (χ2v) is 11.2. The molecule has 0 radical (unpaired) electrons. The zero-order valence-corrected chi connectivity index (χ0v) is 21.6. The molecule has 4 atom stereocenters. The standard InChI is InChI=1S/C28H30ClNO4S/c1-3-17(12-18-7-8-19(31)13-23(18)29)6-9-24-25-16(2)11-21-26(22(25)15-34-24)28(33)30(27(21)32)14-20-5-4-10-35-20/h4-5,7-8,10,12-13,21-22,24,26,31H,3,6,9,11,14-15H2,1-2H3/b17-12+/t21-,22+,24-,26-/m1/s1. The Bertz CT molecular complexity index is 1200. The number of amides is 2. The van der Waals surface area contributed by atoms with Crippen LogP contribution in [0.25, 0.3) is 6.08 Å². The molecule has 0 unspecified atom stereocenters. The van der Waals surface area contributed by atoms with E-state index in [1.165, 1.54) is 21.6 Å². The van der Waals surface area contributed by atoms with Crippen LogP contribution in [0.15, 0.2) is 52.4 Å². The number of aromatic hydroxyl groups is 1. The molecule has 7 heteroatoms. The second-order valence-electron chi connectivity index (χ2n) is 9.74. The van der Waals surface area contributed by atoms with Crippen molar-refractivity contribution < 1.29 is 19.4 Å². The number of hydrogen-bond donors (Lipinski definition) is 1. The van der Waals surface area contributed by atoms with Crippen molar-refractivity contribution in [1.82, 2.24) is 4.90 Å². The quantitative estimate of drug-likeness (QED) is 0.354. The number of benzene rings is 1. The van der Waals surface area contributed by atoms with Crippen molar-refractivity contribution in [3.05, 3.63) is 67.9 Å². The zero-order valence-electron chi connectivity index (χ0n) is 20.0. The van der Waals surface area contributed by atoms with Crippen molar-refractivity contribution in [3.8, 4) is 5.75 Å². The number of thiophene rings is 1. The van der Waals surface area contributed by atoms with Gasteiger partial charge in [-0.3, -0.25) is 14.5 Å². The molecule has 184 valence electrons. The van der Waals surface area contributed by atoms with Crippen molar-refractivity contribution in [2.24, 2.45) is 17.8 Å². The van der Waals surface area contributed by atoms with Gasteiger partial charge in [-0.05, 0) is 73.4 Å². The van der Waals surface area contributed by atoms with Crippen LogP contribution in [-0.4, -0.2) is 34.5 Å². The van der Waals surface area contributed by atoms with Crippen molar-refractivity contribution in [2.75, 3.05) is 6.61 Å². The number of hydrogen-bond acceptors (Lipinski definition) is 5. The van der Waals surface area contributed by atoms with Gasteiger partial charge in [0.25, 0.3) is 0 Å². The molecule has 1 N–H and O–H groups in total. The smallest absolute Gasteiger partial charge is 0.234 e. The molecule has 2 amide bonds. The lowest BCUT2D eigenvalue weighted by atomic mass is 9.70. The average Bonchev–Trinajstić information content (AvgIpc) is 3.55. The molecule has 2 fully saturated rings. The molecule has 2 aromatic rings. The summed E-state index contributed by atoms with van der Waals surface area (Å²) < 4.78 is 6.26. The first-order chi connectivity index (χ1) is 16.9. The highest BCUT2D eigenvalue weighted by atomic mass is 35.5. The first-order valence-corrected chi connectivity index (χ1v) is 13.5. The maximum atomic E-state index is 13.4. The number of allylic oxidation sites excluding steroid dienone is 2. The molecule has 5 rings (SSSR count). The van der Waals surface area contributed by atoms with Crippen LogP contribution in [0.3, 0.4) is 0 Å². The summed E-state index contributed by atoms with van der Waals surface area (Å²) in [6.45, 7) is 5.10. The van der Waals surface area contributed by atoms with Crippen molar-refractivity contribution in [2.45, 2.75) is 52.2 Å². The van der Waals surface area contributed by atoms with Crippen LogP contribution in [0, 0.1) is 17.8 Å². The zero-order chi connectivity index (χ0) is 24.7. The van der Waals surface area contributed by atoms with E-state index in [1.54, 1.807) is 23.5 Å². The maximum Gasteiger partial charge on any atom is 0.234 e. The van der Waals surface area contributed by atoms with Gasteiger partial charge in [0.2, 0.25) is 11.8 Å². The van der Waals surface area contributed by atoms with Crippen LogP contribution in [0.2, 0.25) is 5.02 Å². The van der Waals surface area contributed by atoms with Gasteiger partial charge in [-0.15, -0.1) is 11.3 Å². The minimum atomic E-state index is -0.303. The van der Waals surface area contributed by atoms with E-state index in [9.17, 15) is 14.7 Å². The fourth-order valence-electron chi connectivity index (χ4n) is 5.93. The lowest BCUT2D eigenvalue weighted by Gasteiger charge is -2.30. The van der Waals surface area contributed by atoms with Crippen molar-refractivity contribution in [1.29, 1.82) is 0 Å². The Morgan fingerprint density at radius 3 is 2.80 bits per heavy atom. The van der Waals surface area contributed by atoms with E-state index >= 15 is 0 Å². The first-order valence-electron chi connectivity index (χ1n) is 12.2. The summed E-state index contributed by atoms with van der Waals surface area (Å²) in [5.41, 5.74) is 4.60. The summed E-state index contributed by atoms with van der Waals surface area (Å²) in [6.07, 6.45) is 5.28. The van der Waals surface area contributed by atoms with Crippen molar-refractivity contribution >= 4 is 40.8 Å². The topological polar surface area (TPSA) is 66.8 Å². The number of phenolic OH excluding ortho intramolecular Hbond substituents is 1. The third-order valence-electron chi connectivity index (χ3n) is 7.66. The number of nitrogens with zero attached hydrogens (tertiary/aromatic N) is 1. The predicted molar refractivity (Wildman–Crippen MR) is 138 cm³/mol. The molecule has 3 aliphatic rings. The van der Waals surface area contributed by atoms with Gasteiger partial charge >= 0.3 is 0 Å². The number of rotatable bonds is 7. The van der Waals surface area contributed by atoms with E-state index in [4.69, 9.17) is 16.3 Å². The van der Waals surface area contributed by atoms with Crippen LogP contribution in [0.1, 0.15) is 50.0 Å². The van der Waals surface area contributed by atoms with Crippen LogP contribution in [0.4, 0.5) is 0 Å². The normalized spacial score (nSPS) is 26.5. The fraction of sp³-hybridized carbons (Fsp3) is 0.429. The van der Waals surface area contributed by atoms with Gasteiger partial charge in [0, 0.05) is 10.8 Å². The Kier molecular flexibility index (Phi) is 6.88. The third kappa shape index (κ3) is 4.59. The Hall–Kier alpha value is -2.41. The summed E-state index contributed by atoms with van der Waals surface area (Å²) in [6, 6.07) is 8.95. The highest BCUT2D eigenvalue weighted by Crippen LogP contribution is 2.50. The molecule has 0 spiro atoms. The van der Waals surface area contributed by atoms with Gasteiger partial charge in [0.1, 0.15) is 5.75 Å². The van der Waals surface area contributed by atoms with E-state index in [0.717, 1.165) is 29.7 Å². The highest BCUT2D eigenvalue weighted by Gasteiger charge is 2.56. The molecular formula is C28H30ClNO4S. The molecular weight excluding hydrogens is 482 g/mol. The molecule has 2 saturated heterocycles. The monoisotopic (exact) mass is 511 g/mol. The molecule has 1 aliphatic carbocycles. The lowest BCUT2D eigenvalue weighted by molar-refractivity contribution is -0.140. The number of fused-ring (bicyclic) bond motifs is 3. The van der Waals surface area contributed by atoms with Crippen LogP contribution in [0.5, 0.6) is 5.75 Å². The SMILES string of the molecule is CC/C(=C\c1ccc(O)cc1Cl)CC[C@H]1OC[C@H]2C1=C(C)C[C@H]1C(=O)N(Cc3cccs3)C(=O)[C@H]12. The van der Waals surface area contributed by atoms with Crippen molar-refractivity contribution in [3.63, 3.8) is 0 Å². The average molecular weight is 512 g/mol. The van der Waals surface area contributed by atoms with Crippen LogP contribution in [-0.2, 0) is 20.9 Å². The molecule has 0 saturated carbocycles. The lowest BCUT2D eigenvalue weighted by Crippen LogP contribution is -2.34. The fourth-order valence-corrected chi connectivity index (χ4v) is 6.85. The number of halogens is 1. The number of imide groups is 1. The van der Waals surface area contributed by atoms with Gasteiger partial charge < -0.3 is 9.84 Å². The Morgan fingerprint density at radius 2 is 2.09 bits per heavy atom. The predicted octanol–water partition coefficient (Wildman–Crippen LogP) is 6.22. The van der Waals surface area contributed by atoms with Gasteiger partial charge in [0.15, 0.2) is 0 Å². The summed E-state index contributed by atoms with van der Waals surface area (Å²) in [5.74, 6) is -0.489. The number of carbonyl (C=O) groups excluding carboxylic acids is 2. The number of ether oxygens (including phenoxy) is 1. The second kappa shape index (κ2) is 9.92. The molecule has 35 heavy (non-hydrogen) atoms. The molecule has 1 aromatic heterocycles. The molecule has 0 bridgehead atoms. The Balaban J connectivity index is 1.31. The Labute approximate surface area is 215 Å². The summed E-state index contributed by atoms with van der Waals surface area (Å²) in [7, 11) is 0. The van der Waals surface area contributed by atoms with Gasteiger partial charge in [-0.2, -0.15) is 0 Å². The van der Waals surface area contributed by atoms with Gasteiger partial charge in [-0.25, -0.2) is 0 Å². The minimum absolute atomic E-state index is 0.0101. The van der Waals surface area contributed by atoms with E-state index < -0.39 is 0 Å². The third-order valence-corrected chi connectivity index (χ3v) is 8.85. The summed E-state index contributed by atoms with van der Waals surface area (Å²) in [4.78, 5) is 29.1. The number of phenols is 1. The van der Waals surface area contributed by atoms with Crippen LogP contribution < -0.4 is 0 Å². The molecule has 1 aromatic carbocycles. The minimum Gasteiger partial charge on any atom is -0.508 e. The molecule has 3 heterocycles. The van der Waals surface area contributed by atoms with Crippen LogP contribution >= 0.6 is 22.9 Å².